The zero-order valence-electron chi connectivity index (χ0n) is 19.5. The Morgan fingerprint density at radius 2 is 1.80 bits per heavy atom. The predicted octanol–water partition coefficient (Wildman–Crippen LogP) is 4.42. The predicted molar refractivity (Wildman–Crippen MR) is 136 cm³/mol. The van der Waals surface area contributed by atoms with Gasteiger partial charge in [-0.25, -0.2) is 4.98 Å². The molecule has 5 rings (SSSR count). The Labute approximate surface area is 202 Å². The van der Waals surface area contributed by atoms with Crippen molar-refractivity contribution in [1.82, 2.24) is 19.3 Å². The van der Waals surface area contributed by atoms with Crippen molar-refractivity contribution < 1.29 is 9.53 Å². The number of aromatic nitrogens is 3. The molecule has 0 bridgehead atoms. The summed E-state index contributed by atoms with van der Waals surface area (Å²) in [5, 5.41) is 2.97. The van der Waals surface area contributed by atoms with E-state index in [9.17, 15) is 9.59 Å². The quantitative estimate of drug-likeness (QED) is 0.367. The number of fused-ring (bicyclic) bond motifs is 3. The molecule has 7 nitrogen and oxygen atoms in total. The number of amides is 1. The first-order valence-electron chi connectivity index (χ1n) is 11.7. The van der Waals surface area contributed by atoms with Crippen LogP contribution in [0.15, 0.2) is 90.0 Å². The smallest absolute Gasteiger partial charge is 0.276 e. The van der Waals surface area contributed by atoms with Crippen LogP contribution in [0, 0.1) is 0 Å². The average molecular weight is 467 g/mol. The molecule has 2 aromatic carbocycles. The van der Waals surface area contributed by atoms with Crippen LogP contribution in [0.1, 0.15) is 34.8 Å². The molecule has 0 aliphatic carbocycles. The summed E-state index contributed by atoms with van der Waals surface area (Å²) in [6.07, 6.45) is 4.50. The number of ether oxygens (including phenoxy) is 1. The van der Waals surface area contributed by atoms with E-state index < -0.39 is 0 Å². The molecular weight excluding hydrogens is 440 g/mol. The van der Waals surface area contributed by atoms with Crippen LogP contribution in [0.25, 0.3) is 16.7 Å². The van der Waals surface area contributed by atoms with Crippen LogP contribution < -0.4 is 15.6 Å². The van der Waals surface area contributed by atoms with Crippen molar-refractivity contribution in [1.29, 1.82) is 0 Å². The normalized spacial score (nSPS) is 11.1. The van der Waals surface area contributed by atoms with Gasteiger partial charge in [-0.05, 0) is 66.1 Å². The number of hydrogen-bond donors (Lipinski definition) is 1. The third-order valence-electron chi connectivity index (χ3n) is 5.87. The van der Waals surface area contributed by atoms with E-state index in [4.69, 9.17) is 4.74 Å². The minimum absolute atomic E-state index is 0.123. The lowest BCUT2D eigenvalue weighted by Crippen LogP contribution is -2.25. The van der Waals surface area contributed by atoms with Gasteiger partial charge in [0.1, 0.15) is 11.3 Å². The lowest BCUT2D eigenvalue weighted by Gasteiger charge is -2.12. The van der Waals surface area contributed by atoms with Gasteiger partial charge >= 0.3 is 0 Å². The van der Waals surface area contributed by atoms with E-state index in [1.54, 1.807) is 22.9 Å². The van der Waals surface area contributed by atoms with Crippen LogP contribution in [0.2, 0.25) is 0 Å². The van der Waals surface area contributed by atoms with E-state index in [1.807, 2.05) is 71.3 Å². The number of rotatable bonds is 8. The summed E-state index contributed by atoms with van der Waals surface area (Å²) in [7, 11) is 0. The number of nitrogens with one attached hydrogen (secondary N) is 1. The highest BCUT2D eigenvalue weighted by atomic mass is 16.5. The number of benzene rings is 2. The zero-order valence-corrected chi connectivity index (χ0v) is 19.5. The first-order valence-corrected chi connectivity index (χ1v) is 11.7. The van der Waals surface area contributed by atoms with Crippen molar-refractivity contribution in [2.75, 3.05) is 6.61 Å². The Balaban J connectivity index is 1.34. The van der Waals surface area contributed by atoms with E-state index in [-0.39, 0.29) is 11.5 Å². The highest BCUT2D eigenvalue weighted by molar-refractivity contribution is 5.94. The second-order valence-electron chi connectivity index (χ2n) is 8.38. The van der Waals surface area contributed by atoms with Gasteiger partial charge in [0, 0.05) is 24.5 Å². The van der Waals surface area contributed by atoms with E-state index in [1.165, 1.54) is 0 Å². The van der Waals surface area contributed by atoms with Crippen LogP contribution in [-0.2, 0) is 13.1 Å². The van der Waals surface area contributed by atoms with Crippen molar-refractivity contribution in [3.8, 4) is 5.75 Å². The van der Waals surface area contributed by atoms with Crippen molar-refractivity contribution in [3.05, 3.63) is 112 Å². The summed E-state index contributed by atoms with van der Waals surface area (Å²) in [5.74, 6) is 0.653. The number of carbonyl (C=O) groups is 1. The molecular formula is C28H26N4O3. The Morgan fingerprint density at radius 1 is 0.971 bits per heavy atom. The molecule has 3 aromatic heterocycles. The molecule has 7 heteroatoms. The first-order chi connectivity index (χ1) is 17.1. The van der Waals surface area contributed by atoms with Gasteiger partial charge in [0.25, 0.3) is 11.5 Å². The minimum atomic E-state index is -0.171. The Bertz CT molecular complexity index is 1550. The lowest BCUT2D eigenvalue weighted by molar-refractivity contribution is 0.0951. The number of nitrogens with zero attached hydrogens (tertiary/aromatic N) is 3. The molecule has 0 saturated carbocycles. The maximum Gasteiger partial charge on any atom is 0.276 e. The Hall–Kier alpha value is -4.39. The van der Waals surface area contributed by atoms with Gasteiger partial charge in [-0.1, -0.05) is 31.2 Å². The van der Waals surface area contributed by atoms with Crippen LogP contribution in [0.5, 0.6) is 5.75 Å². The van der Waals surface area contributed by atoms with Crippen LogP contribution in [-0.4, -0.2) is 26.5 Å². The van der Waals surface area contributed by atoms with Gasteiger partial charge in [-0.3, -0.25) is 14.2 Å². The molecule has 0 radical (unpaired) electrons. The third kappa shape index (κ3) is 4.66. The van der Waals surface area contributed by atoms with Gasteiger partial charge in [-0.15, -0.1) is 0 Å². The van der Waals surface area contributed by atoms with E-state index in [0.29, 0.717) is 36.4 Å². The molecule has 3 heterocycles. The molecule has 5 aromatic rings. The SMILES string of the molecule is CCCOc1ccc(CNC(=O)c2cccc(Cn3c(=O)c4cccn4c4cccnc43)c2)cc1. The topological polar surface area (TPSA) is 77.6 Å². The summed E-state index contributed by atoms with van der Waals surface area (Å²) in [6.45, 7) is 3.48. The molecule has 0 unspecified atom stereocenters. The summed E-state index contributed by atoms with van der Waals surface area (Å²) in [4.78, 5) is 30.5. The number of pyridine rings is 1. The maximum atomic E-state index is 13.2. The summed E-state index contributed by atoms with van der Waals surface area (Å²) >= 11 is 0. The van der Waals surface area contributed by atoms with Crippen molar-refractivity contribution in [2.24, 2.45) is 0 Å². The molecule has 0 aliphatic heterocycles. The van der Waals surface area contributed by atoms with Crippen molar-refractivity contribution in [3.63, 3.8) is 0 Å². The standard InChI is InChI=1S/C28H26N4O3/c1-2-16-35-23-12-10-20(11-13-23)18-30-27(33)22-7-3-6-21(17-22)19-32-26-24(8-4-14-29-26)31-15-5-9-25(31)28(32)34/h3-15,17H,2,16,18-19H2,1H3,(H,30,33). The molecule has 0 atom stereocenters. The van der Waals surface area contributed by atoms with Crippen LogP contribution >= 0.6 is 0 Å². The van der Waals surface area contributed by atoms with E-state index in [0.717, 1.165) is 28.8 Å². The average Bonchev–Trinajstić information content (AvgIpc) is 3.40. The molecule has 1 N–H and O–H groups in total. The fourth-order valence-electron chi connectivity index (χ4n) is 4.13. The van der Waals surface area contributed by atoms with Gasteiger partial charge in [-0.2, -0.15) is 0 Å². The fraction of sp³-hybridized carbons (Fsp3) is 0.179. The molecule has 1 amide bonds. The van der Waals surface area contributed by atoms with Crippen LogP contribution in [0.4, 0.5) is 0 Å². The van der Waals surface area contributed by atoms with Gasteiger partial charge in [0.2, 0.25) is 0 Å². The lowest BCUT2D eigenvalue weighted by atomic mass is 10.1. The summed E-state index contributed by atoms with van der Waals surface area (Å²) < 4.78 is 9.12. The largest absolute Gasteiger partial charge is 0.494 e. The Morgan fingerprint density at radius 3 is 2.63 bits per heavy atom. The van der Waals surface area contributed by atoms with Gasteiger partial charge < -0.3 is 14.5 Å². The zero-order chi connectivity index (χ0) is 24.2. The monoisotopic (exact) mass is 466 g/mol. The highest BCUT2D eigenvalue weighted by Crippen LogP contribution is 2.16. The molecule has 0 fully saturated rings. The van der Waals surface area contributed by atoms with Crippen molar-refractivity contribution >= 4 is 22.6 Å². The molecule has 0 spiro atoms. The highest BCUT2D eigenvalue weighted by Gasteiger charge is 2.13. The van der Waals surface area contributed by atoms with Gasteiger partial charge in [0.15, 0.2) is 5.65 Å². The van der Waals surface area contributed by atoms with Crippen molar-refractivity contribution in [2.45, 2.75) is 26.4 Å². The third-order valence-corrected chi connectivity index (χ3v) is 5.87. The van der Waals surface area contributed by atoms with Crippen LogP contribution in [0.3, 0.4) is 0 Å². The maximum absolute atomic E-state index is 13.2. The molecule has 0 saturated heterocycles. The summed E-state index contributed by atoms with van der Waals surface area (Å²) in [5.41, 5.74) is 4.30. The van der Waals surface area contributed by atoms with E-state index in [2.05, 4.69) is 17.2 Å². The minimum Gasteiger partial charge on any atom is -0.494 e. The number of hydrogen-bond acceptors (Lipinski definition) is 4. The molecule has 176 valence electrons. The summed E-state index contributed by atoms with van der Waals surface area (Å²) in [6, 6.07) is 22.5. The molecule has 35 heavy (non-hydrogen) atoms. The van der Waals surface area contributed by atoms with Gasteiger partial charge in [0.05, 0.1) is 18.7 Å². The Kier molecular flexibility index (Phi) is 6.30. The number of carbonyl (C=O) groups excluding carboxylic acids is 1. The first kappa shape index (κ1) is 22.4. The fourth-order valence-corrected chi connectivity index (χ4v) is 4.13. The molecule has 0 aliphatic rings. The second-order valence-corrected chi connectivity index (χ2v) is 8.38. The van der Waals surface area contributed by atoms with E-state index >= 15 is 0 Å². The second kappa shape index (κ2) is 9.85.